The molecule has 5 nitrogen and oxygen atoms in total. The molecule has 1 heterocycles. The first-order valence-electron chi connectivity index (χ1n) is 8.00. The van der Waals surface area contributed by atoms with Gasteiger partial charge in [0.05, 0.1) is 0 Å². The molecule has 6 heteroatoms. The van der Waals surface area contributed by atoms with E-state index < -0.39 is 0 Å². The maximum Gasteiger partial charge on any atom is 0.258 e. The summed E-state index contributed by atoms with van der Waals surface area (Å²) >= 11 is 3.37. The first-order valence-corrected chi connectivity index (χ1v) is 8.79. The summed E-state index contributed by atoms with van der Waals surface area (Å²) in [5, 5.41) is 6.25. The van der Waals surface area contributed by atoms with Gasteiger partial charge in [0.15, 0.2) is 6.61 Å². The van der Waals surface area contributed by atoms with Crippen molar-refractivity contribution in [2.75, 3.05) is 11.9 Å². The number of halogens is 1. The Kier molecular flexibility index (Phi) is 5.35. The largest absolute Gasteiger partial charge is 0.484 e. The van der Waals surface area contributed by atoms with E-state index in [1.807, 2.05) is 36.4 Å². The number of rotatable bonds is 7. The molecule has 0 aliphatic heterocycles. The summed E-state index contributed by atoms with van der Waals surface area (Å²) in [6.45, 7) is 2.13. The lowest BCUT2D eigenvalue weighted by Crippen LogP contribution is -2.30. The molecule has 1 aliphatic carbocycles. The molecule has 1 atom stereocenters. The van der Waals surface area contributed by atoms with E-state index >= 15 is 0 Å². The Bertz CT molecular complexity index is 684. The average Bonchev–Trinajstić information content (AvgIpc) is 3.39. The molecule has 24 heavy (non-hydrogen) atoms. The molecule has 1 unspecified atom stereocenters. The number of aromatic nitrogens is 1. The highest BCUT2D eigenvalue weighted by Gasteiger charge is 2.23. The zero-order valence-corrected chi connectivity index (χ0v) is 15.0. The minimum Gasteiger partial charge on any atom is -0.484 e. The van der Waals surface area contributed by atoms with E-state index in [9.17, 15) is 4.79 Å². The van der Waals surface area contributed by atoms with Crippen molar-refractivity contribution in [1.29, 1.82) is 0 Å². The van der Waals surface area contributed by atoms with Gasteiger partial charge < -0.3 is 15.4 Å². The maximum absolute atomic E-state index is 11.6. The topological polar surface area (TPSA) is 63.3 Å². The molecule has 1 aliphatic rings. The van der Waals surface area contributed by atoms with Crippen molar-refractivity contribution in [3.05, 3.63) is 52.6 Å². The molecule has 2 N–H and O–H groups in total. The highest BCUT2D eigenvalue weighted by Crippen LogP contribution is 2.22. The molecule has 0 bridgehead atoms. The van der Waals surface area contributed by atoms with Crippen LogP contribution in [-0.4, -0.2) is 23.5 Å². The number of ether oxygens (including phenoxy) is 1. The van der Waals surface area contributed by atoms with Gasteiger partial charge in [0.2, 0.25) is 0 Å². The number of nitrogens with zero attached hydrogens (tertiary/aromatic N) is 1. The Balaban J connectivity index is 1.51. The number of carbonyl (C=O) groups excluding carboxylic acids is 1. The lowest BCUT2D eigenvalue weighted by atomic mass is 10.1. The highest BCUT2D eigenvalue weighted by atomic mass is 79.9. The number of amides is 1. The van der Waals surface area contributed by atoms with E-state index in [0.29, 0.717) is 11.8 Å². The van der Waals surface area contributed by atoms with Gasteiger partial charge in [-0.2, -0.15) is 0 Å². The molecule has 1 fully saturated rings. The zero-order valence-electron chi connectivity index (χ0n) is 13.5. The third-order valence-corrected chi connectivity index (χ3v) is 4.25. The fraction of sp³-hybridized carbons (Fsp3) is 0.333. The molecule has 1 aromatic heterocycles. The van der Waals surface area contributed by atoms with Gasteiger partial charge in [-0.05, 0) is 65.5 Å². The number of anilines is 1. The summed E-state index contributed by atoms with van der Waals surface area (Å²) in [7, 11) is 0. The molecule has 0 spiro atoms. The van der Waals surface area contributed by atoms with E-state index in [1.54, 1.807) is 6.20 Å². The van der Waals surface area contributed by atoms with Gasteiger partial charge in [-0.25, -0.2) is 4.98 Å². The fourth-order valence-corrected chi connectivity index (χ4v) is 2.50. The summed E-state index contributed by atoms with van der Waals surface area (Å²) < 4.78 is 6.46. The summed E-state index contributed by atoms with van der Waals surface area (Å²) in [4.78, 5) is 15.9. The Morgan fingerprint density at radius 3 is 2.67 bits per heavy atom. The van der Waals surface area contributed by atoms with Crippen LogP contribution in [0.5, 0.6) is 5.75 Å². The van der Waals surface area contributed by atoms with Gasteiger partial charge >= 0.3 is 0 Å². The summed E-state index contributed by atoms with van der Waals surface area (Å²) in [6, 6.07) is 12.1. The van der Waals surface area contributed by atoms with E-state index in [1.165, 1.54) is 0 Å². The normalized spacial score (nSPS) is 14.8. The SMILES string of the molecule is CC(Nc1ccc(Br)cn1)c1ccc(OCC(=O)NC2CC2)cc1. The van der Waals surface area contributed by atoms with Crippen LogP contribution in [0, 0.1) is 0 Å². The van der Waals surface area contributed by atoms with E-state index in [0.717, 1.165) is 28.7 Å². The Hall–Kier alpha value is -2.08. The smallest absolute Gasteiger partial charge is 0.258 e. The van der Waals surface area contributed by atoms with Crippen molar-refractivity contribution in [1.82, 2.24) is 10.3 Å². The zero-order chi connectivity index (χ0) is 16.9. The predicted octanol–water partition coefficient (Wildman–Crippen LogP) is 3.67. The lowest BCUT2D eigenvalue weighted by Gasteiger charge is -2.15. The molecule has 2 aromatic rings. The second-order valence-electron chi connectivity index (χ2n) is 5.93. The van der Waals surface area contributed by atoms with Crippen molar-refractivity contribution in [2.45, 2.75) is 31.8 Å². The fourth-order valence-electron chi connectivity index (χ4n) is 2.26. The minimum absolute atomic E-state index is 0.0575. The van der Waals surface area contributed by atoms with Gasteiger partial charge in [-0.1, -0.05) is 12.1 Å². The van der Waals surface area contributed by atoms with Gasteiger partial charge in [0.1, 0.15) is 11.6 Å². The second-order valence-corrected chi connectivity index (χ2v) is 6.84. The molecular formula is C18H20BrN3O2. The summed E-state index contributed by atoms with van der Waals surface area (Å²) in [5.41, 5.74) is 1.12. The lowest BCUT2D eigenvalue weighted by molar-refractivity contribution is -0.123. The Morgan fingerprint density at radius 2 is 2.04 bits per heavy atom. The third kappa shape index (κ3) is 4.96. The molecular weight excluding hydrogens is 370 g/mol. The number of pyridine rings is 1. The van der Waals surface area contributed by atoms with Gasteiger partial charge in [-0.15, -0.1) is 0 Å². The van der Waals surface area contributed by atoms with Crippen molar-refractivity contribution in [3.63, 3.8) is 0 Å². The standard InChI is InChI=1S/C18H20BrN3O2/c1-12(21-17-9-4-14(19)10-20-17)13-2-7-16(8-3-13)24-11-18(23)22-15-5-6-15/h2-4,7-10,12,15H,5-6,11H2,1H3,(H,20,21)(H,22,23). The third-order valence-electron chi connectivity index (χ3n) is 3.78. The van der Waals surface area contributed by atoms with E-state index in [2.05, 4.69) is 38.5 Å². The number of carbonyl (C=O) groups is 1. The van der Waals surface area contributed by atoms with Crippen LogP contribution in [0.2, 0.25) is 0 Å². The maximum atomic E-state index is 11.6. The van der Waals surface area contributed by atoms with Crippen molar-refractivity contribution >= 4 is 27.7 Å². The Labute approximate surface area is 149 Å². The van der Waals surface area contributed by atoms with Crippen LogP contribution in [0.1, 0.15) is 31.4 Å². The molecule has 1 amide bonds. The predicted molar refractivity (Wildman–Crippen MR) is 97.1 cm³/mol. The van der Waals surface area contributed by atoms with Crippen LogP contribution < -0.4 is 15.4 Å². The van der Waals surface area contributed by atoms with Gasteiger partial charge in [0.25, 0.3) is 5.91 Å². The van der Waals surface area contributed by atoms with Gasteiger partial charge in [0, 0.05) is 22.8 Å². The average molecular weight is 390 g/mol. The number of hydrogen-bond acceptors (Lipinski definition) is 4. The quantitative estimate of drug-likeness (QED) is 0.757. The monoisotopic (exact) mass is 389 g/mol. The van der Waals surface area contributed by atoms with Crippen LogP contribution in [-0.2, 0) is 4.79 Å². The second kappa shape index (κ2) is 7.66. The van der Waals surface area contributed by atoms with E-state index in [4.69, 9.17) is 4.74 Å². The molecule has 0 saturated heterocycles. The highest BCUT2D eigenvalue weighted by molar-refractivity contribution is 9.10. The van der Waals surface area contributed by atoms with Crippen LogP contribution >= 0.6 is 15.9 Å². The first-order chi connectivity index (χ1) is 11.6. The van der Waals surface area contributed by atoms with Crippen molar-refractivity contribution in [2.24, 2.45) is 0 Å². The molecule has 3 rings (SSSR count). The number of hydrogen-bond donors (Lipinski definition) is 2. The summed E-state index contributed by atoms with van der Waals surface area (Å²) in [5.74, 6) is 1.46. The Morgan fingerprint density at radius 1 is 1.29 bits per heavy atom. The van der Waals surface area contributed by atoms with Crippen LogP contribution in [0.25, 0.3) is 0 Å². The molecule has 1 saturated carbocycles. The first kappa shape index (κ1) is 16.8. The van der Waals surface area contributed by atoms with Crippen molar-refractivity contribution in [3.8, 4) is 5.75 Å². The van der Waals surface area contributed by atoms with E-state index in [-0.39, 0.29) is 18.6 Å². The van der Waals surface area contributed by atoms with Gasteiger partial charge in [-0.3, -0.25) is 4.79 Å². The van der Waals surface area contributed by atoms with Crippen LogP contribution in [0.3, 0.4) is 0 Å². The molecule has 0 radical (unpaired) electrons. The minimum atomic E-state index is -0.0575. The van der Waals surface area contributed by atoms with Crippen LogP contribution in [0.4, 0.5) is 5.82 Å². The molecule has 126 valence electrons. The summed E-state index contributed by atoms with van der Waals surface area (Å²) in [6.07, 6.45) is 3.93. The molecule has 1 aromatic carbocycles. The van der Waals surface area contributed by atoms with Crippen LogP contribution in [0.15, 0.2) is 47.1 Å². The number of nitrogens with one attached hydrogen (secondary N) is 2. The van der Waals surface area contributed by atoms with Crippen molar-refractivity contribution < 1.29 is 9.53 Å². The number of benzene rings is 1.